The van der Waals surface area contributed by atoms with Gasteiger partial charge in [-0.1, -0.05) is 24.3 Å². The average Bonchev–Trinajstić information content (AvgIpc) is 3.07. The number of carbonyl (C=O) groups is 3. The Morgan fingerprint density at radius 2 is 1.86 bits per heavy atom. The van der Waals surface area contributed by atoms with Crippen LogP contribution in [0.2, 0.25) is 0 Å². The van der Waals surface area contributed by atoms with Crippen LogP contribution in [0.1, 0.15) is 33.3 Å². The zero-order chi connectivity index (χ0) is 21.0. The molecule has 0 radical (unpaired) electrons. The van der Waals surface area contributed by atoms with Crippen LogP contribution in [-0.2, 0) is 9.53 Å². The fourth-order valence-corrected chi connectivity index (χ4v) is 3.11. The van der Waals surface area contributed by atoms with Crippen LogP contribution >= 0.6 is 0 Å². The van der Waals surface area contributed by atoms with Crippen LogP contribution in [0.25, 0.3) is 10.9 Å². The van der Waals surface area contributed by atoms with E-state index in [1.54, 1.807) is 31.2 Å². The fourth-order valence-electron chi connectivity index (χ4n) is 3.11. The maximum absolute atomic E-state index is 12.8. The number of hydrogen-bond donors (Lipinski definition) is 2. The number of nitrogens with one attached hydrogen (secondary N) is 2. The summed E-state index contributed by atoms with van der Waals surface area (Å²) >= 11 is 0. The molecule has 0 aliphatic carbocycles. The van der Waals surface area contributed by atoms with Gasteiger partial charge in [0.25, 0.3) is 5.91 Å². The maximum atomic E-state index is 12.8. The predicted octanol–water partition coefficient (Wildman–Crippen LogP) is 3.03. The standard InChI is InChI=1S/C22H22N2O5/c1-13-20(17-9-4-5-10-18(17)24-13)21(26)14(2)29-19(25)12-23-22(27)15-7-6-8-16(11-15)28-3/h4-11,14,24H,12H2,1-3H3,(H,23,27)/t14-/m0/s1. The summed E-state index contributed by atoms with van der Waals surface area (Å²) in [6, 6.07) is 14.0. The number of ether oxygens (including phenoxy) is 2. The minimum atomic E-state index is -0.978. The number of carbonyl (C=O) groups excluding carboxylic acids is 3. The average molecular weight is 394 g/mol. The summed E-state index contributed by atoms with van der Waals surface area (Å²) in [5, 5.41) is 3.27. The SMILES string of the molecule is COc1cccc(C(=O)NCC(=O)O[C@@H](C)C(=O)c2c(C)[nH]c3ccccc23)c1. The Bertz CT molecular complexity index is 1070. The first-order valence-electron chi connectivity index (χ1n) is 9.14. The first-order chi connectivity index (χ1) is 13.9. The lowest BCUT2D eigenvalue weighted by Crippen LogP contribution is -2.34. The molecule has 29 heavy (non-hydrogen) atoms. The summed E-state index contributed by atoms with van der Waals surface area (Å²) in [5.41, 5.74) is 2.42. The predicted molar refractivity (Wildman–Crippen MR) is 108 cm³/mol. The molecule has 1 heterocycles. The quantitative estimate of drug-likeness (QED) is 0.474. The van der Waals surface area contributed by atoms with Gasteiger partial charge in [-0.05, 0) is 38.1 Å². The minimum Gasteiger partial charge on any atom is -0.497 e. The van der Waals surface area contributed by atoms with Gasteiger partial charge in [-0.3, -0.25) is 14.4 Å². The van der Waals surface area contributed by atoms with Gasteiger partial charge in [-0.25, -0.2) is 0 Å². The third-order valence-electron chi connectivity index (χ3n) is 4.54. The monoisotopic (exact) mass is 394 g/mol. The van der Waals surface area contributed by atoms with Crippen molar-refractivity contribution in [1.82, 2.24) is 10.3 Å². The lowest BCUT2D eigenvalue weighted by Gasteiger charge is -2.13. The smallest absolute Gasteiger partial charge is 0.326 e. The molecule has 7 nitrogen and oxygen atoms in total. The topological polar surface area (TPSA) is 97.5 Å². The highest BCUT2D eigenvalue weighted by Crippen LogP contribution is 2.23. The van der Waals surface area contributed by atoms with E-state index >= 15 is 0 Å². The van der Waals surface area contributed by atoms with Crippen LogP contribution in [0.5, 0.6) is 5.75 Å². The fraction of sp³-hybridized carbons (Fsp3) is 0.227. The molecule has 3 rings (SSSR count). The molecular weight excluding hydrogens is 372 g/mol. The molecule has 0 spiro atoms. The van der Waals surface area contributed by atoms with Gasteiger partial charge in [-0.15, -0.1) is 0 Å². The van der Waals surface area contributed by atoms with E-state index in [0.717, 1.165) is 10.9 Å². The summed E-state index contributed by atoms with van der Waals surface area (Å²) < 4.78 is 10.3. The van der Waals surface area contributed by atoms with E-state index in [-0.39, 0.29) is 12.3 Å². The number of methoxy groups -OCH3 is 1. The number of esters is 1. The van der Waals surface area contributed by atoms with E-state index in [1.165, 1.54) is 14.0 Å². The number of amides is 1. The number of fused-ring (bicyclic) bond motifs is 1. The number of rotatable bonds is 7. The van der Waals surface area contributed by atoms with E-state index in [9.17, 15) is 14.4 Å². The van der Waals surface area contributed by atoms with E-state index in [1.807, 2.05) is 24.3 Å². The molecule has 2 N–H and O–H groups in total. The number of aryl methyl sites for hydroxylation is 1. The Kier molecular flexibility index (Phi) is 5.97. The Balaban J connectivity index is 1.60. The van der Waals surface area contributed by atoms with Crippen LogP contribution in [0, 0.1) is 6.92 Å². The molecule has 1 amide bonds. The summed E-state index contributed by atoms with van der Waals surface area (Å²) in [4.78, 5) is 40.2. The number of hydrogen-bond acceptors (Lipinski definition) is 5. The van der Waals surface area contributed by atoms with Crippen molar-refractivity contribution in [2.75, 3.05) is 13.7 Å². The number of H-pyrrole nitrogens is 1. The van der Waals surface area contributed by atoms with Crippen molar-refractivity contribution in [3.05, 3.63) is 65.4 Å². The summed E-state index contributed by atoms with van der Waals surface area (Å²) in [5.74, 6) is -0.896. The lowest BCUT2D eigenvalue weighted by atomic mass is 10.0. The van der Waals surface area contributed by atoms with Crippen LogP contribution in [0.15, 0.2) is 48.5 Å². The van der Waals surface area contributed by atoms with Gasteiger partial charge >= 0.3 is 5.97 Å². The van der Waals surface area contributed by atoms with Crippen molar-refractivity contribution in [3.8, 4) is 5.75 Å². The summed E-state index contributed by atoms with van der Waals surface area (Å²) in [6.07, 6.45) is -0.978. The van der Waals surface area contributed by atoms with Gasteiger partial charge in [0.1, 0.15) is 12.3 Å². The first kappa shape index (κ1) is 20.1. The molecule has 0 fully saturated rings. The van der Waals surface area contributed by atoms with E-state index in [2.05, 4.69) is 10.3 Å². The molecule has 0 aliphatic rings. The van der Waals surface area contributed by atoms with Gasteiger partial charge in [0.2, 0.25) is 5.78 Å². The molecule has 1 atom stereocenters. The Morgan fingerprint density at radius 1 is 1.10 bits per heavy atom. The maximum Gasteiger partial charge on any atom is 0.326 e. The van der Waals surface area contributed by atoms with Crippen molar-refractivity contribution in [2.24, 2.45) is 0 Å². The zero-order valence-corrected chi connectivity index (χ0v) is 16.4. The van der Waals surface area contributed by atoms with E-state index in [0.29, 0.717) is 22.6 Å². The third kappa shape index (κ3) is 4.45. The summed E-state index contributed by atoms with van der Waals surface area (Å²) in [7, 11) is 1.50. The van der Waals surface area contributed by atoms with Crippen molar-refractivity contribution in [1.29, 1.82) is 0 Å². The van der Waals surface area contributed by atoms with E-state index in [4.69, 9.17) is 9.47 Å². The molecule has 7 heteroatoms. The Labute approximate surface area is 168 Å². The third-order valence-corrected chi connectivity index (χ3v) is 4.54. The van der Waals surface area contributed by atoms with Gasteiger partial charge in [-0.2, -0.15) is 0 Å². The Morgan fingerprint density at radius 3 is 2.62 bits per heavy atom. The van der Waals surface area contributed by atoms with Crippen LogP contribution in [0.4, 0.5) is 0 Å². The summed E-state index contributed by atoms with van der Waals surface area (Å²) in [6.45, 7) is 2.97. The molecule has 0 unspecified atom stereocenters. The number of Topliss-reactive ketones (excluding diaryl/α,β-unsaturated/α-hetero) is 1. The van der Waals surface area contributed by atoms with Crippen LogP contribution in [-0.4, -0.2) is 42.4 Å². The molecule has 0 saturated carbocycles. The number of benzene rings is 2. The second-order valence-corrected chi connectivity index (χ2v) is 6.58. The lowest BCUT2D eigenvalue weighted by molar-refractivity contribution is -0.145. The molecular formula is C22H22N2O5. The second kappa shape index (κ2) is 8.60. The molecule has 150 valence electrons. The highest BCUT2D eigenvalue weighted by atomic mass is 16.5. The molecule has 2 aromatic carbocycles. The van der Waals surface area contributed by atoms with Crippen LogP contribution < -0.4 is 10.1 Å². The van der Waals surface area contributed by atoms with Gasteiger partial charge in [0, 0.05) is 27.7 Å². The van der Waals surface area contributed by atoms with Crippen molar-refractivity contribution in [2.45, 2.75) is 20.0 Å². The number of para-hydroxylation sites is 1. The first-order valence-corrected chi connectivity index (χ1v) is 9.14. The van der Waals surface area contributed by atoms with Crippen molar-refractivity contribution < 1.29 is 23.9 Å². The Hall–Kier alpha value is -3.61. The number of ketones is 1. The molecule has 1 aromatic heterocycles. The zero-order valence-electron chi connectivity index (χ0n) is 16.4. The number of aromatic nitrogens is 1. The molecule has 0 bridgehead atoms. The van der Waals surface area contributed by atoms with Crippen molar-refractivity contribution in [3.63, 3.8) is 0 Å². The van der Waals surface area contributed by atoms with Gasteiger partial charge < -0.3 is 19.8 Å². The molecule has 0 aliphatic heterocycles. The minimum absolute atomic E-state index is 0.299. The highest BCUT2D eigenvalue weighted by molar-refractivity contribution is 6.11. The van der Waals surface area contributed by atoms with Crippen LogP contribution in [0.3, 0.4) is 0 Å². The molecule has 3 aromatic rings. The molecule has 0 saturated heterocycles. The van der Waals surface area contributed by atoms with Crippen molar-refractivity contribution >= 4 is 28.6 Å². The normalized spacial score (nSPS) is 11.7. The number of aromatic amines is 1. The second-order valence-electron chi connectivity index (χ2n) is 6.58. The van der Waals surface area contributed by atoms with Gasteiger partial charge in [0.15, 0.2) is 6.10 Å². The highest BCUT2D eigenvalue weighted by Gasteiger charge is 2.24. The largest absolute Gasteiger partial charge is 0.497 e. The van der Waals surface area contributed by atoms with Gasteiger partial charge in [0.05, 0.1) is 7.11 Å². The van der Waals surface area contributed by atoms with E-state index < -0.39 is 18.0 Å².